The van der Waals surface area contributed by atoms with Crippen LogP contribution in [0.15, 0.2) is 54.6 Å². The SMILES string of the molecule is Oc1cc(Nc2nc(-c3ccccc3CF)nc3ccccc23)n[nH]1. The zero-order chi connectivity index (χ0) is 17.2. The molecule has 0 radical (unpaired) electrons. The molecule has 4 rings (SSSR count). The number of alkyl halides is 1. The number of anilines is 2. The van der Waals surface area contributed by atoms with Gasteiger partial charge < -0.3 is 10.4 Å². The molecule has 0 aliphatic rings. The molecule has 0 amide bonds. The highest BCUT2D eigenvalue weighted by Gasteiger charge is 2.13. The van der Waals surface area contributed by atoms with Gasteiger partial charge in [-0.3, -0.25) is 0 Å². The molecule has 0 bridgehead atoms. The monoisotopic (exact) mass is 335 g/mol. The maximum Gasteiger partial charge on any atom is 0.208 e. The van der Waals surface area contributed by atoms with Crippen LogP contribution in [0.1, 0.15) is 5.56 Å². The number of aromatic nitrogens is 4. The van der Waals surface area contributed by atoms with E-state index in [1.807, 2.05) is 30.3 Å². The van der Waals surface area contributed by atoms with Crippen LogP contribution in [0.4, 0.5) is 16.0 Å². The Morgan fingerprint density at radius 1 is 1.04 bits per heavy atom. The zero-order valence-electron chi connectivity index (χ0n) is 13.1. The molecule has 0 aliphatic carbocycles. The molecule has 0 spiro atoms. The fourth-order valence-electron chi connectivity index (χ4n) is 2.64. The highest BCUT2D eigenvalue weighted by Crippen LogP contribution is 2.29. The average Bonchev–Trinajstić information content (AvgIpc) is 3.06. The Balaban J connectivity index is 1.89. The summed E-state index contributed by atoms with van der Waals surface area (Å²) in [6, 6.07) is 16.1. The van der Waals surface area contributed by atoms with Crippen LogP contribution in [0.5, 0.6) is 5.88 Å². The van der Waals surface area contributed by atoms with Gasteiger partial charge in [-0.05, 0) is 17.7 Å². The van der Waals surface area contributed by atoms with Crippen molar-refractivity contribution in [2.75, 3.05) is 5.32 Å². The van der Waals surface area contributed by atoms with Crippen LogP contribution in [0.2, 0.25) is 0 Å². The number of nitrogens with one attached hydrogen (secondary N) is 2. The van der Waals surface area contributed by atoms with Crippen LogP contribution in [-0.2, 0) is 6.67 Å². The molecule has 0 saturated heterocycles. The average molecular weight is 335 g/mol. The number of para-hydroxylation sites is 1. The quantitative estimate of drug-likeness (QED) is 0.526. The van der Waals surface area contributed by atoms with Crippen LogP contribution in [-0.4, -0.2) is 25.3 Å². The highest BCUT2D eigenvalue weighted by atomic mass is 19.1. The molecule has 7 heteroatoms. The van der Waals surface area contributed by atoms with Crippen molar-refractivity contribution in [3.8, 4) is 17.3 Å². The van der Waals surface area contributed by atoms with Crippen LogP contribution < -0.4 is 5.32 Å². The van der Waals surface area contributed by atoms with Crippen LogP contribution in [0.3, 0.4) is 0 Å². The van der Waals surface area contributed by atoms with E-state index in [1.165, 1.54) is 6.07 Å². The first kappa shape index (κ1) is 15.1. The van der Waals surface area contributed by atoms with E-state index in [2.05, 4.69) is 25.5 Å². The van der Waals surface area contributed by atoms with E-state index in [-0.39, 0.29) is 5.88 Å². The molecule has 124 valence electrons. The summed E-state index contributed by atoms with van der Waals surface area (Å²) in [5.41, 5.74) is 1.90. The summed E-state index contributed by atoms with van der Waals surface area (Å²) < 4.78 is 13.3. The molecule has 2 aromatic carbocycles. The van der Waals surface area contributed by atoms with Crippen molar-refractivity contribution >= 4 is 22.5 Å². The molecule has 4 aromatic rings. The second kappa shape index (κ2) is 6.20. The first-order valence-electron chi connectivity index (χ1n) is 7.67. The summed E-state index contributed by atoms with van der Waals surface area (Å²) in [6.07, 6.45) is 0. The minimum absolute atomic E-state index is 0.0520. The molecule has 2 heterocycles. The lowest BCUT2D eigenvalue weighted by Gasteiger charge is -2.11. The largest absolute Gasteiger partial charge is 0.494 e. The third kappa shape index (κ3) is 2.87. The van der Waals surface area contributed by atoms with Gasteiger partial charge in [0.1, 0.15) is 12.5 Å². The minimum Gasteiger partial charge on any atom is -0.494 e. The molecular formula is C18H14FN5O. The van der Waals surface area contributed by atoms with Crippen molar-refractivity contribution in [2.45, 2.75) is 6.67 Å². The number of aromatic hydroxyl groups is 1. The van der Waals surface area contributed by atoms with Gasteiger partial charge in [-0.15, -0.1) is 0 Å². The number of halogens is 1. The minimum atomic E-state index is -0.595. The smallest absolute Gasteiger partial charge is 0.208 e. The molecule has 3 N–H and O–H groups in total. The zero-order valence-corrected chi connectivity index (χ0v) is 13.1. The van der Waals surface area contributed by atoms with E-state index in [9.17, 15) is 9.50 Å². The van der Waals surface area contributed by atoms with Gasteiger partial charge in [0, 0.05) is 17.0 Å². The van der Waals surface area contributed by atoms with Crippen molar-refractivity contribution in [3.63, 3.8) is 0 Å². The van der Waals surface area contributed by atoms with Crippen molar-refractivity contribution in [1.29, 1.82) is 0 Å². The van der Waals surface area contributed by atoms with Crippen molar-refractivity contribution in [1.82, 2.24) is 20.2 Å². The molecule has 0 atom stereocenters. The second-order valence-electron chi connectivity index (χ2n) is 5.47. The van der Waals surface area contributed by atoms with E-state index < -0.39 is 6.67 Å². The van der Waals surface area contributed by atoms with Gasteiger partial charge in [0.05, 0.1) is 5.52 Å². The second-order valence-corrected chi connectivity index (χ2v) is 5.47. The summed E-state index contributed by atoms with van der Waals surface area (Å²) in [4.78, 5) is 9.13. The summed E-state index contributed by atoms with van der Waals surface area (Å²) >= 11 is 0. The number of hydrogen-bond donors (Lipinski definition) is 3. The summed E-state index contributed by atoms with van der Waals surface area (Å²) in [5, 5.41) is 19.7. The van der Waals surface area contributed by atoms with Crippen LogP contribution in [0, 0.1) is 0 Å². The van der Waals surface area contributed by atoms with Gasteiger partial charge in [0.2, 0.25) is 5.88 Å². The van der Waals surface area contributed by atoms with Crippen molar-refractivity contribution < 1.29 is 9.50 Å². The molecular weight excluding hydrogens is 321 g/mol. The molecule has 0 fully saturated rings. The van der Waals surface area contributed by atoms with Crippen molar-refractivity contribution in [2.24, 2.45) is 0 Å². The lowest BCUT2D eigenvalue weighted by Crippen LogP contribution is -2.00. The number of hydrogen-bond acceptors (Lipinski definition) is 5. The van der Waals surface area contributed by atoms with E-state index in [1.54, 1.807) is 18.2 Å². The predicted octanol–water partition coefficient (Wildman–Crippen LogP) is 3.94. The Morgan fingerprint density at radius 3 is 2.64 bits per heavy atom. The highest BCUT2D eigenvalue weighted by molar-refractivity contribution is 5.92. The maximum atomic E-state index is 13.3. The lowest BCUT2D eigenvalue weighted by atomic mass is 10.1. The van der Waals surface area contributed by atoms with Gasteiger partial charge in [-0.25, -0.2) is 19.5 Å². The molecule has 25 heavy (non-hydrogen) atoms. The fourth-order valence-corrected chi connectivity index (χ4v) is 2.64. The van der Waals surface area contributed by atoms with Gasteiger partial charge in [-0.1, -0.05) is 36.4 Å². The summed E-state index contributed by atoms with van der Waals surface area (Å²) in [5.74, 6) is 1.32. The topological polar surface area (TPSA) is 86.7 Å². The molecule has 0 aliphatic heterocycles. The first-order valence-corrected chi connectivity index (χ1v) is 7.67. The van der Waals surface area contributed by atoms with E-state index >= 15 is 0 Å². The van der Waals surface area contributed by atoms with Gasteiger partial charge in [0.25, 0.3) is 0 Å². The molecule has 0 saturated carbocycles. The van der Waals surface area contributed by atoms with Gasteiger partial charge >= 0.3 is 0 Å². The van der Waals surface area contributed by atoms with Crippen LogP contribution in [0.25, 0.3) is 22.3 Å². The maximum absolute atomic E-state index is 13.3. The fraction of sp³-hybridized carbons (Fsp3) is 0.0556. The predicted molar refractivity (Wildman–Crippen MR) is 93.3 cm³/mol. The van der Waals surface area contributed by atoms with Gasteiger partial charge in [0.15, 0.2) is 11.6 Å². The number of fused-ring (bicyclic) bond motifs is 1. The molecule has 2 aromatic heterocycles. The number of nitrogens with zero attached hydrogens (tertiary/aromatic N) is 3. The summed E-state index contributed by atoms with van der Waals surface area (Å²) in [7, 11) is 0. The third-order valence-electron chi connectivity index (χ3n) is 3.82. The van der Waals surface area contributed by atoms with Gasteiger partial charge in [-0.2, -0.15) is 5.10 Å². The number of aromatic amines is 1. The first-order chi connectivity index (χ1) is 12.2. The Morgan fingerprint density at radius 2 is 1.84 bits per heavy atom. The van der Waals surface area contributed by atoms with E-state index in [4.69, 9.17) is 0 Å². The Bertz CT molecular complexity index is 1050. The third-order valence-corrected chi connectivity index (χ3v) is 3.82. The number of benzene rings is 2. The van der Waals surface area contributed by atoms with E-state index in [0.717, 1.165) is 10.9 Å². The normalized spacial score (nSPS) is 10.9. The van der Waals surface area contributed by atoms with Crippen LogP contribution >= 0.6 is 0 Å². The van der Waals surface area contributed by atoms with E-state index in [0.29, 0.717) is 28.6 Å². The number of H-pyrrole nitrogens is 1. The number of rotatable bonds is 4. The Kier molecular flexibility index (Phi) is 3.74. The summed E-state index contributed by atoms with van der Waals surface area (Å²) in [6.45, 7) is -0.595. The molecule has 0 unspecified atom stereocenters. The Hall–Kier alpha value is -3.48. The Labute approximate surface area is 142 Å². The molecule has 6 nitrogen and oxygen atoms in total. The standard InChI is InChI=1S/C18H14FN5O/c19-10-11-5-1-2-6-12(11)17-20-14-8-4-3-7-13(14)18(22-17)21-15-9-16(25)24-23-15/h1-9H,10H2,(H3,20,21,22,23,24,25). The van der Waals surface area contributed by atoms with Crippen molar-refractivity contribution in [3.05, 3.63) is 60.2 Å². The lowest BCUT2D eigenvalue weighted by molar-refractivity contribution is 0.452.